The normalized spacial score (nSPS) is 10.1. The van der Waals surface area contributed by atoms with E-state index < -0.39 is 10.8 Å². The lowest BCUT2D eigenvalue weighted by molar-refractivity contribution is -0.384. The number of H-pyrrole nitrogens is 1. The van der Waals surface area contributed by atoms with Crippen LogP contribution < -0.4 is 16.6 Å². The molecule has 0 aliphatic carbocycles. The Morgan fingerprint density at radius 1 is 1.48 bits per heavy atom. The van der Waals surface area contributed by atoms with Crippen molar-refractivity contribution in [1.29, 1.82) is 0 Å². The van der Waals surface area contributed by atoms with E-state index in [0.717, 1.165) is 5.82 Å². The Kier molecular flexibility index (Phi) is 4.46. The van der Waals surface area contributed by atoms with E-state index in [1.54, 1.807) is 12.4 Å². The number of hydrazine groups is 1. The molecule has 0 saturated carbocycles. The number of nitro groups is 1. The third-order valence-electron chi connectivity index (χ3n) is 2.81. The first kappa shape index (κ1) is 14.5. The van der Waals surface area contributed by atoms with Gasteiger partial charge in [-0.3, -0.25) is 20.8 Å². The number of rotatable bonds is 6. The number of hydrogen-bond donors (Lipinski definition) is 4. The van der Waals surface area contributed by atoms with Gasteiger partial charge in [0, 0.05) is 37.0 Å². The fourth-order valence-corrected chi connectivity index (χ4v) is 1.78. The zero-order chi connectivity index (χ0) is 15.2. The van der Waals surface area contributed by atoms with E-state index in [1.807, 2.05) is 0 Å². The molecule has 9 heteroatoms. The van der Waals surface area contributed by atoms with Crippen LogP contribution in [0.2, 0.25) is 0 Å². The highest BCUT2D eigenvalue weighted by atomic mass is 16.6. The van der Waals surface area contributed by atoms with Crippen LogP contribution in [0, 0.1) is 10.1 Å². The molecule has 1 amide bonds. The lowest BCUT2D eigenvalue weighted by Crippen LogP contribution is -2.26. The Morgan fingerprint density at radius 2 is 2.29 bits per heavy atom. The minimum absolute atomic E-state index is 0.145. The quantitative estimate of drug-likeness (QED) is 0.348. The van der Waals surface area contributed by atoms with Crippen LogP contribution in [-0.4, -0.2) is 27.3 Å². The summed E-state index contributed by atoms with van der Waals surface area (Å²) in [4.78, 5) is 29.2. The summed E-state index contributed by atoms with van der Waals surface area (Å²) >= 11 is 0. The van der Waals surface area contributed by atoms with Gasteiger partial charge in [-0.1, -0.05) is 0 Å². The third kappa shape index (κ3) is 3.54. The van der Waals surface area contributed by atoms with E-state index in [2.05, 4.69) is 20.7 Å². The maximum absolute atomic E-state index is 11.9. The summed E-state index contributed by atoms with van der Waals surface area (Å²) in [7, 11) is 0. The molecular formula is C12H14N6O3. The van der Waals surface area contributed by atoms with Gasteiger partial charge >= 0.3 is 0 Å². The summed E-state index contributed by atoms with van der Waals surface area (Å²) in [5, 5.41) is 13.6. The van der Waals surface area contributed by atoms with E-state index >= 15 is 0 Å². The van der Waals surface area contributed by atoms with Crippen LogP contribution in [0.1, 0.15) is 16.2 Å². The van der Waals surface area contributed by atoms with Crippen molar-refractivity contribution >= 4 is 17.3 Å². The highest BCUT2D eigenvalue weighted by Gasteiger charge is 2.16. The number of benzene rings is 1. The zero-order valence-electron chi connectivity index (χ0n) is 11.0. The molecule has 0 unspecified atom stereocenters. The van der Waals surface area contributed by atoms with Gasteiger partial charge in [-0.25, -0.2) is 4.98 Å². The summed E-state index contributed by atoms with van der Waals surface area (Å²) in [6, 6.07) is 4.03. The number of nitro benzene ring substituents is 1. The second kappa shape index (κ2) is 6.48. The molecule has 2 aromatic rings. The van der Waals surface area contributed by atoms with Crippen LogP contribution in [0.15, 0.2) is 30.6 Å². The number of amides is 1. The largest absolute Gasteiger partial charge is 0.352 e. The first-order valence-electron chi connectivity index (χ1n) is 6.13. The second-order valence-electron chi connectivity index (χ2n) is 4.18. The Bertz CT molecular complexity index is 640. The number of carbonyl (C=O) groups excluding carboxylic acids is 1. The summed E-state index contributed by atoms with van der Waals surface area (Å²) in [6.07, 6.45) is 3.86. The number of carbonyl (C=O) groups is 1. The third-order valence-corrected chi connectivity index (χ3v) is 2.81. The summed E-state index contributed by atoms with van der Waals surface area (Å²) in [5.74, 6) is 5.54. The monoisotopic (exact) mass is 290 g/mol. The topological polar surface area (TPSA) is 139 Å². The minimum atomic E-state index is -0.602. The molecule has 0 aliphatic heterocycles. The van der Waals surface area contributed by atoms with Crippen molar-refractivity contribution in [3.8, 4) is 0 Å². The number of imidazole rings is 1. The Morgan fingerprint density at radius 3 is 2.90 bits per heavy atom. The number of aromatic nitrogens is 2. The molecule has 2 rings (SSSR count). The van der Waals surface area contributed by atoms with Crippen molar-refractivity contribution < 1.29 is 9.72 Å². The Balaban J connectivity index is 2.01. The van der Waals surface area contributed by atoms with Crippen molar-refractivity contribution in [2.75, 3.05) is 12.0 Å². The predicted molar refractivity (Wildman–Crippen MR) is 75.5 cm³/mol. The van der Waals surface area contributed by atoms with Gasteiger partial charge < -0.3 is 15.7 Å². The minimum Gasteiger partial charge on any atom is -0.352 e. The van der Waals surface area contributed by atoms with Gasteiger partial charge in [0.1, 0.15) is 11.5 Å². The van der Waals surface area contributed by atoms with Gasteiger partial charge in [-0.05, 0) is 12.1 Å². The molecule has 0 spiro atoms. The highest BCUT2D eigenvalue weighted by Crippen LogP contribution is 2.24. The van der Waals surface area contributed by atoms with Gasteiger partial charge in [-0.2, -0.15) is 0 Å². The molecule has 1 aromatic carbocycles. The number of nitrogen functional groups attached to an aromatic ring is 1. The van der Waals surface area contributed by atoms with E-state index in [9.17, 15) is 14.9 Å². The Labute approximate surface area is 119 Å². The van der Waals surface area contributed by atoms with Gasteiger partial charge in [0.15, 0.2) is 0 Å². The molecule has 5 N–H and O–H groups in total. The fourth-order valence-electron chi connectivity index (χ4n) is 1.78. The zero-order valence-corrected chi connectivity index (χ0v) is 11.0. The summed E-state index contributed by atoms with van der Waals surface area (Å²) < 4.78 is 0. The molecule has 0 aliphatic rings. The van der Waals surface area contributed by atoms with Crippen LogP contribution in [0.3, 0.4) is 0 Å². The molecule has 0 atom stereocenters. The molecule has 110 valence electrons. The SMILES string of the molecule is NNc1ccc(C(=O)NCCc2ncc[nH]2)cc1[N+](=O)[O-]. The molecule has 0 saturated heterocycles. The van der Waals surface area contributed by atoms with Gasteiger partial charge in [0.2, 0.25) is 0 Å². The van der Waals surface area contributed by atoms with E-state index in [1.165, 1.54) is 18.2 Å². The first-order chi connectivity index (χ1) is 10.1. The molecule has 1 aromatic heterocycles. The van der Waals surface area contributed by atoms with Crippen molar-refractivity contribution in [1.82, 2.24) is 15.3 Å². The Hall–Kier alpha value is -2.94. The van der Waals surface area contributed by atoms with Crippen LogP contribution in [0.4, 0.5) is 11.4 Å². The first-order valence-corrected chi connectivity index (χ1v) is 6.13. The number of nitrogens with zero attached hydrogens (tertiary/aromatic N) is 2. The van der Waals surface area contributed by atoms with Crippen molar-refractivity contribution in [3.05, 3.63) is 52.1 Å². The molecule has 9 nitrogen and oxygen atoms in total. The number of nitrogens with two attached hydrogens (primary N) is 1. The number of nitrogens with one attached hydrogen (secondary N) is 3. The maximum atomic E-state index is 11.9. The van der Waals surface area contributed by atoms with Crippen molar-refractivity contribution in [2.45, 2.75) is 6.42 Å². The molecule has 21 heavy (non-hydrogen) atoms. The van der Waals surface area contributed by atoms with Crippen LogP contribution >= 0.6 is 0 Å². The van der Waals surface area contributed by atoms with E-state index in [-0.39, 0.29) is 16.9 Å². The van der Waals surface area contributed by atoms with Crippen LogP contribution in [0.25, 0.3) is 0 Å². The van der Waals surface area contributed by atoms with Crippen LogP contribution in [0.5, 0.6) is 0 Å². The lowest BCUT2D eigenvalue weighted by Gasteiger charge is -2.06. The van der Waals surface area contributed by atoms with E-state index in [0.29, 0.717) is 13.0 Å². The average Bonchev–Trinajstić information content (AvgIpc) is 2.99. The van der Waals surface area contributed by atoms with Crippen molar-refractivity contribution in [2.24, 2.45) is 5.84 Å². The molecular weight excluding hydrogens is 276 g/mol. The fraction of sp³-hybridized carbons (Fsp3) is 0.167. The van der Waals surface area contributed by atoms with Crippen LogP contribution in [-0.2, 0) is 6.42 Å². The summed E-state index contributed by atoms with van der Waals surface area (Å²) in [5.41, 5.74) is 2.31. The standard InChI is InChI=1S/C12H14N6O3/c13-17-9-2-1-8(7-10(9)18(20)21)12(19)16-4-3-11-14-5-6-15-11/h1-2,5-7,17H,3-4,13H2,(H,14,15)(H,16,19). The van der Waals surface area contributed by atoms with Gasteiger partial charge in [0.25, 0.3) is 11.6 Å². The highest BCUT2D eigenvalue weighted by molar-refractivity contribution is 5.95. The predicted octanol–water partition coefficient (Wildman–Crippen LogP) is 0.576. The van der Waals surface area contributed by atoms with Crippen molar-refractivity contribution in [3.63, 3.8) is 0 Å². The number of hydrogen-bond acceptors (Lipinski definition) is 6. The number of anilines is 1. The van der Waals surface area contributed by atoms with Gasteiger partial charge in [0.05, 0.1) is 4.92 Å². The lowest BCUT2D eigenvalue weighted by atomic mass is 10.1. The maximum Gasteiger partial charge on any atom is 0.294 e. The molecule has 0 fully saturated rings. The van der Waals surface area contributed by atoms with E-state index in [4.69, 9.17) is 5.84 Å². The number of aromatic amines is 1. The average molecular weight is 290 g/mol. The van der Waals surface area contributed by atoms with Gasteiger partial charge in [-0.15, -0.1) is 0 Å². The molecule has 0 bridgehead atoms. The summed E-state index contributed by atoms with van der Waals surface area (Å²) in [6.45, 7) is 0.372. The molecule has 1 heterocycles. The smallest absolute Gasteiger partial charge is 0.294 e. The second-order valence-corrected chi connectivity index (χ2v) is 4.18. The molecule has 0 radical (unpaired) electrons.